The fourth-order valence-electron chi connectivity index (χ4n) is 3.85. The molecule has 3 heterocycles. The van der Waals surface area contributed by atoms with Crippen LogP contribution < -0.4 is 10.2 Å². The van der Waals surface area contributed by atoms with Crippen molar-refractivity contribution in [1.29, 1.82) is 0 Å². The average molecular weight is 409 g/mol. The highest BCUT2D eigenvalue weighted by Gasteiger charge is 2.24. The van der Waals surface area contributed by atoms with E-state index in [0.717, 1.165) is 75.7 Å². The summed E-state index contributed by atoms with van der Waals surface area (Å²) in [7, 11) is 1.89. The van der Waals surface area contributed by atoms with Crippen LogP contribution in [0.5, 0.6) is 0 Å². The number of aliphatic imine (C=N–C) groups is 1. The van der Waals surface area contributed by atoms with Gasteiger partial charge in [-0.1, -0.05) is 13.8 Å². The van der Waals surface area contributed by atoms with Gasteiger partial charge in [-0.05, 0) is 13.5 Å². The zero-order chi connectivity index (χ0) is 19.9. The van der Waals surface area contributed by atoms with Crippen LogP contribution in [0, 0.1) is 0 Å². The highest BCUT2D eigenvalue weighted by atomic mass is 32.1. The summed E-state index contributed by atoms with van der Waals surface area (Å²) in [5.41, 5.74) is 0. The molecule has 0 aromatic carbocycles. The highest BCUT2D eigenvalue weighted by molar-refractivity contribution is 7.09. The van der Waals surface area contributed by atoms with Crippen molar-refractivity contribution < 1.29 is 0 Å². The van der Waals surface area contributed by atoms with Gasteiger partial charge in [0.25, 0.3) is 0 Å². The van der Waals surface area contributed by atoms with Gasteiger partial charge >= 0.3 is 0 Å². The van der Waals surface area contributed by atoms with E-state index in [9.17, 15) is 0 Å². The van der Waals surface area contributed by atoms with Crippen LogP contribution >= 0.6 is 11.5 Å². The Labute approximate surface area is 173 Å². The van der Waals surface area contributed by atoms with E-state index in [1.54, 1.807) is 0 Å². The van der Waals surface area contributed by atoms with Gasteiger partial charge in [0, 0.05) is 89.9 Å². The lowest BCUT2D eigenvalue weighted by molar-refractivity contribution is 0.107. The lowest BCUT2D eigenvalue weighted by atomic mass is 10.2. The predicted molar refractivity (Wildman–Crippen MR) is 118 cm³/mol. The van der Waals surface area contributed by atoms with Gasteiger partial charge in [-0.2, -0.15) is 4.37 Å². The number of aromatic nitrogens is 2. The first-order chi connectivity index (χ1) is 13.6. The first-order valence-electron chi connectivity index (χ1n) is 10.6. The molecule has 0 aliphatic carbocycles. The monoisotopic (exact) mass is 408 g/mol. The van der Waals surface area contributed by atoms with E-state index in [4.69, 9.17) is 0 Å². The zero-order valence-corrected chi connectivity index (χ0v) is 18.7. The smallest absolute Gasteiger partial charge is 0.205 e. The quantitative estimate of drug-likeness (QED) is 0.552. The van der Waals surface area contributed by atoms with Crippen molar-refractivity contribution in [3.05, 3.63) is 5.82 Å². The molecule has 158 valence electrons. The van der Waals surface area contributed by atoms with Crippen LogP contribution in [0.3, 0.4) is 0 Å². The molecule has 2 aliphatic heterocycles. The Morgan fingerprint density at radius 2 is 1.82 bits per heavy atom. The molecule has 0 saturated carbocycles. The van der Waals surface area contributed by atoms with E-state index in [0.29, 0.717) is 6.04 Å². The molecule has 2 aliphatic rings. The Morgan fingerprint density at radius 3 is 2.39 bits per heavy atom. The summed E-state index contributed by atoms with van der Waals surface area (Å²) in [6.45, 7) is 17.3. The molecule has 0 amide bonds. The molecule has 3 rings (SSSR count). The van der Waals surface area contributed by atoms with Gasteiger partial charge in [0.1, 0.15) is 5.82 Å². The Hall–Kier alpha value is -1.45. The van der Waals surface area contributed by atoms with Crippen molar-refractivity contribution in [1.82, 2.24) is 29.4 Å². The van der Waals surface area contributed by atoms with E-state index < -0.39 is 0 Å². The summed E-state index contributed by atoms with van der Waals surface area (Å²) in [5, 5.41) is 4.66. The fraction of sp³-hybridized carbons (Fsp3) is 0.842. The second-order valence-corrected chi connectivity index (χ2v) is 8.30. The molecule has 0 radical (unpaired) electrons. The first kappa shape index (κ1) is 21.3. The normalized spacial score (nSPS) is 21.2. The molecule has 1 aromatic heterocycles. The second-order valence-electron chi connectivity index (χ2n) is 7.57. The van der Waals surface area contributed by atoms with Crippen LogP contribution in [0.4, 0.5) is 5.13 Å². The van der Waals surface area contributed by atoms with Gasteiger partial charge < -0.3 is 20.0 Å². The van der Waals surface area contributed by atoms with Crippen LogP contribution in [0.2, 0.25) is 0 Å². The minimum Gasteiger partial charge on any atom is -0.355 e. The summed E-state index contributed by atoms with van der Waals surface area (Å²) in [6.07, 6.45) is 0.901. The fourth-order valence-corrected chi connectivity index (χ4v) is 4.65. The molecular weight excluding hydrogens is 372 g/mol. The molecule has 1 atom stereocenters. The number of likely N-dealkylation sites (N-methyl/N-ethyl adjacent to an activating group) is 1. The van der Waals surface area contributed by atoms with Crippen molar-refractivity contribution in [3.63, 3.8) is 0 Å². The summed E-state index contributed by atoms with van der Waals surface area (Å²) < 4.78 is 4.42. The molecule has 0 spiro atoms. The number of rotatable bonds is 6. The Kier molecular flexibility index (Phi) is 7.87. The predicted octanol–water partition coefficient (Wildman–Crippen LogP) is 0.824. The maximum absolute atomic E-state index is 4.63. The number of hydrogen-bond donors (Lipinski definition) is 1. The molecule has 2 fully saturated rings. The van der Waals surface area contributed by atoms with Gasteiger partial charge in [0.2, 0.25) is 5.13 Å². The molecule has 8 nitrogen and oxygen atoms in total. The number of guanidine groups is 1. The summed E-state index contributed by atoms with van der Waals surface area (Å²) >= 11 is 1.52. The van der Waals surface area contributed by atoms with E-state index >= 15 is 0 Å². The number of piperazine rings is 2. The highest BCUT2D eigenvalue weighted by Crippen LogP contribution is 2.19. The molecule has 1 aromatic rings. The average Bonchev–Trinajstić information content (AvgIpc) is 3.24. The Balaban J connectivity index is 1.43. The van der Waals surface area contributed by atoms with Gasteiger partial charge in [-0.3, -0.25) is 9.89 Å². The van der Waals surface area contributed by atoms with Crippen molar-refractivity contribution in [2.45, 2.75) is 33.2 Å². The second kappa shape index (κ2) is 10.4. The minimum absolute atomic E-state index is 0.519. The van der Waals surface area contributed by atoms with Crippen LogP contribution in [-0.4, -0.2) is 109 Å². The lowest BCUT2D eigenvalue weighted by Gasteiger charge is -2.39. The van der Waals surface area contributed by atoms with Crippen molar-refractivity contribution in [3.8, 4) is 0 Å². The minimum atomic E-state index is 0.519. The zero-order valence-electron chi connectivity index (χ0n) is 17.9. The standard InChI is InChI=1S/C19H36N8S/c1-5-17-22-19(28-23-17)27-13-11-26(12-14-27)18(20-4)21-15-16(3)25-9-7-24(6-2)8-10-25/h16H,5-15H2,1-4H3,(H,20,21). The maximum Gasteiger partial charge on any atom is 0.205 e. The van der Waals surface area contributed by atoms with E-state index in [1.165, 1.54) is 24.6 Å². The molecule has 2 saturated heterocycles. The topological polar surface area (TPSA) is 63.1 Å². The molecule has 0 bridgehead atoms. The van der Waals surface area contributed by atoms with Gasteiger partial charge in [0.05, 0.1) is 0 Å². The summed E-state index contributed by atoms with van der Waals surface area (Å²) in [5.74, 6) is 1.97. The van der Waals surface area contributed by atoms with Crippen LogP contribution in [0.1, 0.15) is 26.6 Å². The van der Waals surface area contributed by atoms with Gasteiger partial charge in [0.15, 0.2) is 5.96 Å². The molecule has 1 N–H and O–H groups in total. The number of hydrogen-bond acceptors (Lipinski definition) is 7. The van der Waals surface area contributed by atoms with E-state index in [1.807, 2.05) is 7.05 Å². The van der Waals surface area contributed by atoms with Gasteiger partial charge in [-0.15, -0.1) is 0 Å². The van der Waals surface area contributed by atoms with Crippen LogP contribution in [0.15, 0.2) is 4.99 Å². The summed E-state index contributed by atoms with van der Waals surface area (Å²) in [6, 6.07) is 0.519. The number of anilines is 1. The number of nitrogens with one attached hydrogen (secondary N) is 1. The van der Waals surface area contributed by atoms with Crippen molar-refractivity contribution >= 4 is 22.6 Å². The SMILES string of the molecule is CCc1nsc(N2CCN(C(=NC)NCC(C)N3CCN(CC)CC3)CC2)n1. The third kappa shape index (κ3) is 5.33. The third-order valence-electron chi connectivity index (χ3n) is 5.87. The van der Waals surface area contributed by atoms with Crippen LogP contribution in [-0.2, 0) is 6.42 Å². The largest absolute Gasteiger partial charge is 0.355 e. The van der Waals surface area contributed by atoms with Crippen LogP contribution in [0.25, 0.3) is 0 Å². The van der Waals surface area contributed by atoms with E-state index in [-0.39, 0.29) is 0 Å². The van der Waals surface area contributed by atoms with Gasteiger partial charge in [-0.25, -0.2) is 4.98 Å². The molecular formula is C19H36N8S. The molecule has 28 heavy (non-hydrogen) atoms. The molecule has 9 heteroatoms. The Bertz CT molecular complexity index is 617. The lowest BCUT2D eigenvalue weighted by Crippen LogP contribution is -2.56. The Morgan fingerprint density at radius 1 is 1.11 bits per heavy atom. The molecule has 1 unspecified atom stereocenters. The third-order valence-corrected chi connectivity index (χ3v) is 6.68. The van der Waals surface area contributed by atoms with Crippen molar-refractivity contribution in [2.75, 3.05) is 77.4 Å². The number of nitrogens with zero attached hydrogens (tertiary/aromatic N) is 7. The van der Waals surface area contributed by atoms with E-state index in [2.05, 4.69) is 60.0 Å². The maximum atomic E-state index is 4.63. The van der Waals surface area contributed by atoms with Crippen molar-refractivity contribution in [2.24, 2.45) is 4.99 Å². The summed E-state index contributed by atoms with van der Waals surface area (Å²) in [4.78, 5) is 19.0. The number of aryl methyl sites for hydroxylation is 1. The first-order valence-corrected chi connectivity index (χ1v) is 11.4.